The third-order valence-corrected chi connectivity index (χ3v) is 4.09. The van der Waals surface area contributed by atoms with Crippen LogP contribution in [0.3, 0.4) is 0 Å². The summed E-state index contributed by atoms with van der Waals surface area (Å²) >= 11 is 6.09. The van der Waals surface area contributed by atoms with Crippen molar-refractivity contribution >= 4 is 29.2 Å². The molecule has 26 heavy (non-hydrogen) atoms. The van der Waals surface area contributed by atoms with Crippen LogP contribution >= 0.6 is 11.6 Å². The van der Waals surface area contributed by atoms with Gasteiger partial charge < -0.3 is 14.8 Å². The summed E-state index contributed by atoms with van der Waals surface area (Å²) in [6, 6.07) is 12.0. The Balaban J connectivity index is 2.15. The van der Waals surface area contributed by atoms with Crippen molar-refractivity contribution in [1.29, 1.82) is 0 Å². The zero-order valence-electron chi connectivity index (χ0n) is 15.0. The van der Waals surface area contributed by atoms with E-state index in [-0.39, 0.29) is 12.5 Å². The number of hydrogen-bond donors (Lipinski definition) is 1. The van der Waals surface area contributed by atoms with Crippen LogP contribution in [-0.4, -0.2) is 24.6 Å². The summed E-state index contributed by atoms with van der Waals surface area (Å²) < 4.78 is 10.7. The Kier molecular flexibility index (Phi) is 7.04. The first-order chi connectivity index (χ1) is 12.5. The van der Waals surface area contributed by atoms with Crippen molar-refractivity contribution in [3.63, 3.8) is 0 Å². The maximum atomic E-state index is 12.6. The molecule has 0 spiro atoms. The highest BCUT2D eigenvalue weighted by molar-refractivity contribution is 6.32. The van der Waals surface area contributed by atoms with Gasteiger partial charge in [0.25, 0.3) is 5.91 Å². The normalized spacial score (nSPS) is 11.5. The zero-order chi connectivity index (χ0) is 19.1. The Morgan fingerprint density at radius 3 is 2.54 bits per heavy atom. The van der Waals surface area contributed by atoms with Crippen LogP contribution in [0.2, 0.25) is 5.02 Å². The van der Waals surface area contributed by atoms with Crippen molar-refractivity contribution in [1.82, 2.24) is 0 Å². The first-order valence-electron chi connectivity index (χ1n) is 8.46. The Morgan fingerprint density at radius 1 is 1.15 bits per heavy atom. The second-order valence-electron chi connectivity index (χ2n) is 5.68. The van der Waals surface area contributed by atoms with E-state index in [1.165, 1.54) is 0 Å². The summed E-state index contributed by atoms with van der Waals surface area (Å²) in [6.45, 7) is 5.73. The SMILES string of the molecule is CCOC(=O)c1ccc(C)c(NC(=O)[C@H](CC)Oc2ccccc2Cl)c1. The van der Waals surface area contributed by atoms with Gasteiger partial charge >= 0.3 is 5.97 Å². The minimum absolute atomic E-state index is 0.290. The van der Waals surface area contributed by atoms with Crippen LogP contribution in [0, 0.1) is 6.92 Å². The number of amides is 1. The minimum Gasteiger partial charge on any atom is -0.479 e. The number of benzene rings is 2. The number of aryl methyl sites for hydroxylation is 1. The molecule has 1 atom stereocenters. The lowest BCUT2D eigenvalue weighted by atomic mass is 10.1. The number of para-hydroxylation sites is 1. The van der Waals surface area contributed by atoms with Crippen LogP contribution in [0.15, 0.2) is 42.5 Å². The van der Waals surface area contributed by atoms with Crippen molar-refractivity contribution < 1.29 is 19.1 Å². The van der Waals surface area contributed by atoms with Crippen molar-refractivity contribution in [2.75, 3.05) is 11.9 Å². The second kappa shape index (κ2) is 9.25. The molecule has 0 saturated carbocycles. The molecule has 5 nitrogen and oxygen atoms in total. The van der Waals surface area contributed by atoms with Gasteiger partial charge in [0.05, 0.1) is 17.2 Å². The molecule has 0 aliphatic rings. The van der Waals surface area contributed by atoms with Gasteiger partial charge in [0, 0.05) is 5.69 Å². The van der Waals surface area contributed by atoms with Crippen LogP contribution in [-0.2, 0) is 9.53 Å². The van der Waals surface area contributed by atoms with Crippen molar-refractivity contribution in [2.45, 2.75) is 33.3 Å². The van der Waals surface area contributed by atoms with Gasteiger partial charge in [0.15, 0.2) is 6.10 Å². The van der Waals surface area contributed by atoms with E-state index in [1.54, 1.807) is 49.4 Å². The molecule has 2 aromatic rings. The number of ether oxygens (including phenoxy) is 2. The summed E-state index contributed by atoms with van der Waals surface area (Å²) in [4.78, 5) is 24.5. The average molecular weight is 376 g/mol. The van der Waals surface area contributed by atoms with Gasteiger partial charge in [0.1, 0.15) is 5.75 Å². The van der Waals surface area contributed by atoms with Gasteiger partial charge in [-0.3, -0.25) is 4.79 Å². The van der Waals surface area contributed by atoms with Gasteiger partial charge in [-0.05, 0) is 50.1 Å². The van der Waals surface area contributed by atoms with Crippen LogP contribution in [0.25, 0.3) is 0 Å². The molecule has 138 valence electrons. The van der Waals surface area contributed by atoms with Gasteiger partial charge in [-0.25, -0.2) is 4.79 Å². The first-order valence-corrected chi connectivity index (χ1v) is 8.83. The number of halogens is 1. The molecule has 0 unspecified atom stereocenters. The molecular weight excluding hydrogens is 354 g/mol. The standard InChI is InChI=1S/C20H22ClNO4/c1-4-17(26-18-9-7-6-8-15(18)21)19(23)22-16-12-14(11-10-13(16)3)20(24)25-5-2/h6-12,17H,4-5H2,1-3H3,(H,22,23)/t17-/m0/s1. The molecule has 0 aliphatic heterocycles. The summed E-state index contributed by atoms with van der Waals surface area (Å²) in [6.07, 6.45) is -0.242. The monoisotopic (exact) mass is 375 g/mol. The van der Waals surface area contributed by atoms with E-state index >= 15 is 0 Å². The van der Waals surface area contributed by atoms with Gasteiger partial charge in [0.2, 0.25) is 0 Å². The van der Waals surface area contributed by atoms with Crippen molar-refractivity contribution in [2.24, 2.45) is 0 Å². The molecule has 0 aliphatic carbocycles. The first kappa shape index (κ1) is 19.8. The van der Waals surface area contributed by atoms with Gasteiger partial charge in [-0.1, -0.05) is 36.7 Å². The fraction of sp³-hybridized carbons (Fsp3) is 0.300. The van der Waals surface area contributed by atoms with Crippen molar-refractivity contribution in [3.05, 3.63) is 58.6 Å². The molecule has 0 heterocycles. The summed E-state index contributed by atoms with van der Waals surface area (Å²) in [7, 11) is 0. The number of nitrogens with one attached hydrogen (secondary N) is 1. The Hall–Kier alpha value is -2.53. The van der Waals surface area contributed by atoms with E-state index in [1.807, 2.05) is 13.8 Å². The van der Waals surface area contributed by atoms with E-state index in [0.717, 1.165) is 5.56 Å². The smallest absolute Gasteiger partial charge is 0.338 e. The largest absolute Gasteiger partial charge is 0.479 e. The number of carbonyl (C=O) groups is 2. The predicted octanol–water partition coefficient (Wildman–Crippen LogP) is 4.62. The third-order valence-electron chi connectivity index (χ3n) is 3.78. The predicted molar refractivity (Wildman–Crippen MR) is 102 cm³/mol. The van der Waals surface area contributed by atoms with Gasteiger partial charge in [-0.2, -0.15) is 0 Å². The fourth-order valence-electron chi connectivity index (χ4n) is 2.33. The molecule has 0 bridgehead atoms. The Labute approximate surface area is 158 Å². The summed E-state index contributed by atoms with van der Waals surface area (Å²) in [5.74, 6) is -0.285. The lowest BCUT2D eigenvalue weighted by molar-refractivity contribution is -0.122. The summed E-state index contributed by atoms with van der Waals surface area (Å²) in [5, 5.41) is 3.27. The number of esters is 1. The van der Waals surface area contributed by atoms with E-state index < -0.39 is 12.1 Å². The highest BCUT2D eigenvalue weighted by Gasteiger charge is 2.21. The lowest BCUT2D eigenvalue weighted by Crippen LogP contribution is -2.32. The van der Waals surface area contributed by atoms with E-state index in [2.05, 4.69) is 5.32 Å². The van der Waals surface area contributed by atoms with Gasteiger partial charge in [-0.15, -0.1) is 0 Å². The maximum Gasteiger partial charge on any atom is 0.338 e. The van der Waals surface area contributed by atoms with E-state index in [0.29, 0.717) is 28.4 Å². The molecule has 0 radical (unpaired) electrons. The molecule has 0 fully saturated rings. The van der Waals surface area contributed by atoms with Crippen LogP contribution < -0.4 is 10.1 Å². The zero-order valence-corrected chi connectivity index (χ0v) is 15.8. The number of rotatable bonds is 7. The highest BCUT2D eigenvalue weighted by atomic mass is 35.5. The number of carbonyl (C=O) groups excluding carboxylic acids is 2. The quantitative estimate of drug-likeness (QED) is 0.717. The second-order valence-corrected chi connectivity index (χ2v) is 6.09. The summed E-state index contributed by atoms with van der Waals surface area (Å²) in [5.41, 5.74) is 1.76. The molecular formula is C20H22ClNO4. The molecule has 2 rings (SSSR count). The fourth-order valence-corrected chi connectivity index (χ4v) is 2.51. The van der Waals surface area contributed by atoms with Crippen LogP contribution in [0.1, 0.15) is 36.2 Å². The molecule has 1 N–H and O–H groups in total. The topological polar surface area (TPSA) is 64.6 Å². The van der Waals surface area contributed by atoms with Crippen LogP contribution in [0.4, 0.5) is 5.69 Å². The molecule has 0 saturated heterocycles. The molecule has 0 aromatic heterocycles. The van der Waals surface area contributed by atoms with E-state index in [4.69, 9.17) is 21.1 Å². The average Bonchev–Trinajstić information content (AvgIpc) is 2.63. The number of anilines is 1. The lowest BCUT2D eigenvalue weighted by Gasteiger charge is -2.19. The molecule has 2 aromatic carbocycles. The van der Waals surface area contributed by atoms with Crippen molar-refractivity contribution in [3.8, 4) is 5.75 Å². The third kappa shape index (κ3) is 4.99. The Morgan fingerprint density at radius 2 is 1.88 bits per heavy atom. The van der Waals surface area contributed by atoms with Crippen LogP contribution in [0.5, 0.6) is 5.75 Å². The number of hydrogen-bond acceptors (Lipinski definition) is 4. The van der Waals surface area contributed by atoms with E-state index in [9.17, 15) is 9.59 Å². The highest BCUT2D eigenvalue weighted by Crippen LogP contribution is 2.25. The minimum atomic E-state index is -0.708. The molecule has 1 amide bonds. The Bertz CT molecular complexity index is 791. The molecule has 6 heteroatoms. The maximum absolute atomic E-state index is 12.6.